The molecule has 0 aliphatic rings. The van der Waals surface area contributed by atoms with Gasteiger partial charge in [0.2, 0.25) is 0 Å². The van der Waals surface area contributed by atoms with E-state index in [4.69, 9.17) is 30.6 Å². The summed E-state index contributed by atoms with van der Waals surface area (Å²) in [5.74, 6) is -1.90. The van der Waals surface area contributed by atoms with Crippen LogP contribution in [0.15, 0.2) is 0 Å². The van der Waals surface area contributed by atoms with Crippen molar-refractivity contribution in [3.63, 3.8) is 0 Å². The van der Waals surface area contributed by atoms with E-state index >= 15 is 0 Å². The van der Waals surface area contributed by atoms with Crippen molar-refractivity contribution in [3.05, 3.63) is 0 Å². The molecule has 76 valence electrons. The minimum absolute atomic E-state index is 0.365. The number of hydrogen-bond donors (Lipinski definition) is 6. The summed E-state index contributed by atoms with van der Waals surface area (Å²) in [5.41, 5.74) is 0. The molecule has 12 heavy (non-hydrogen) atoms. The lowest BCUT2D eigenvalue weighted by Gasteiger charge is -2.09. The van der Waals surface area contributed by atoms with E-state index in [0.717, 1.165) is 6.92 Å². The van der Waals surface area contributed by atoms with Crippen LogP contribution in [-0.2, 0) is 0 Å². The number of rotatable bonds is 3. The number of aliphatic hydroxyl groups is 6. The molecule has 6 heteroatoms. The third-order valence-corrected chi connectivity index (χ3v) is 0.721. The van der Waals surface area contributed by atoms with Crippen molar-refractivity contribution in [3.8, 4) is 0 Å². The van der Waals surface area contributed by atoms with Crippen LogP contribution in [0.25, 0.3) is 0 Å². The molecule has 0 aliphatic carbocycles. The fourth-order valence-electron chi connectivity index (χ4n) is 0.0577. The largest absolute Gasteiger partial charge is 0.394 e. The molecule has 0 aromatic rings. The minimum atomic E-state index is -1.90. The maximum absolute atomic E-state index is 8.17. The topological polar surface area (TPSA) is 121 Å². The van der Waals surface area contributed by atoms with Crippen LogP contribution in [0.3, 0.4) is 0 Å². The first-order valence-electron chi connectivity index (χ1n) is 3.32. The average molecular weight is 184 g/mol. The molecular formula is C6H16O6. The highest BCUT2D eigenvalue weighted by atomic mass is 16.5. The lowest BCUT2D eigenvalue weighted by Crippen LogP contribution is -2.27. The molecule has 0 fully saturated rings. The fourth-order valence-corrected chi connectivity index (χ4v) is 0.0577. The van der Waals surface area contributed by atoms with E-state index in [1.165, 1.54) is 0 Å². The predicted molar refractivity (Wildman–Crippen MR) is 40.1 cm³/mol. The summed E-state index contributed by atoms with van der Waals surface area (Å²) in [6.45, 7) is -0.243. The first kappa shape index (κ1) is 14.3. The van der Waals surface area contributed by atoms with Gasteiger partial charge in [0.15, 0.2) is 5.79 Å². The lowest BCUT2D eigenvalue weighted by atomic mass is 10.4. The van der Waals surface area contributed by atoms with E-state index < -0.39 is 18.5 Å². The summed E-state index contributed by atoms with van der Waals surface area (Å²) >= 11 is 0. The predicted octanol–water partition coefficient (Wildman–Crippen LogP) is -2.99. The molecular weight excluding hydrogens is 168 g/mol. The van der Waals surface area contributed by atoms with Gasteiger partial charge in [-0.05, 0) is 6.92 Å². The highest BCUT2D eigenvalue weighted by molar-refractivity contribution is 4.48. The van der Waals surface area contributed by atoms with Crippen molar-refractivity contribution in [2.45, 2.75) is 18.8 Å². The zero-order valence-corrected chi connectivity index (χ0v) is 6.88. The van der Waals surface area contributed by atoms with Crippen LogP contribution in [0.5, 0.6) is 0 Å². The van der Waals surface area contributed by atoms with Crippen LogP contribution in [0.1, 0.15) is 6.92 Å². The Kier molecular flexibility index (Phi) is 8.83. The van der Waals surface area contributed by atoms with Crippen molar-refractivity contribution >= 4 is 0 Å². The summed E-state index contributed by atoms with van der Waals surface area (Å²) in [6.07, 6.45) is -0.954. The third kappa shape index (κ3) is 16.4. The van der Waals surface area contributed by atoms with Gasteiger partial charge in [0.05, 0.1) is 19.8 Å². The SMILES string of the molecule is CC(O)(O)CO.OCC(O)CO. The standard InChI is InChI=1S/2C3H8O3/c1-3(5,6)2-4;4-1-3(6)2-5/h4-6H,2H2,1H3;3-6H,1-2H2. The molecule has 6 N–H and O–H groups in total. The quantitative estimate of drug-likeness (QED) is 0.260. The van der Waals surface area contributed by atoms with Crippen molar-refractivity contribution in [1.29, 1.82) is 0 Å². The van der Waals surface area contributed by atoms with Gasteiger partial charge in [-0.2, -0.15) is 0 Å². The summed E-state index contributed by atoms with van der Waals surface area (Å²) in [4.78, 5) is 0. The number of aliphatic hydroxyl groups excluding tert-OH is 4. The normalized spacial score (nSPS) is 11.0. The average Bonchev–Trinajstić information content (AvgIpc) is 2.03. The van der Waals surface area contributed by atoms with Gasteiger partial charge < -0.3 is 30.6 Å². The Balaban J connectivity index is 0. The van der Waals surface area contributed by atoms with Gasteiger partial charge in [0.25, 0.3) is 0 Å². The molecule has 0 spiro atoms. The smallest absolute Gasteiger partial charge is 0.183 e. The highest BCUT2D eigenvalue weighted by Gasteiger charge is 2.10. The maximum atomic E-state index is 8.17. The van der Waals surface area contributed by atoms with Crippen LogP contribution in [0, 0.1) is 0 Å². The van der Waals surface area contributed by atoms with Gasteiger partial charge >= 0.3 is 0 Å². The molecule has 0 aromatic heterocycles. The molecule has 0 atom stereocenters. The lowest BCUT2D eigenvalue weighted by molar-refractivity contribution is -0.171. The number of hydrogen-bond acceptors (Lipinski definition) is 6. The van der Waals surface area contributed by atoms with Crippen molar-refractivity contribution in [2.75, 3.05) is 19.8 Å². The Morgan fingerprint density at radius 3 is 1.33 bits per heavy atom. The van der Waals surface area contributed by atoms with Crippen molar-refractivity contribution in [2.24, 2.45) is 0 Å². The van der Waals surface area contributed by atoms with E-state index in [1.807, 2.05) is 0 Å². The van der Waals surface area contributed by atoms with Crippen molar-refractivity contribution in [1.82, 2.24) is 0 Å². The van der Waals surface area contributed by atoms with Gasteiger partial charge in [-0.25, -0.2) is 0 Å². The molecule has 0 unspecified atom stereocenters. The Hall–Kier alpha value is -0.240. The Bertz CT molecular complexity index is 84.5. The molecule has 0 saturated heterocycles. The minimum Gasteiger partial charge on any atom is -0.394 e. The Labute approximate surface area is 70.3 Å². The van der Waals surface area contributed by atoms with Gasteiger partial charge in [-0.15, -0.1) is 0 Å². The molecule has 0 aliphatic heterocycles. The molecule has 0 saturated carbocycles. The van der Waals surface area contributed by atoms with Crippen LogP contribution in [0.4, 0.5) is 0 Å². The zero-order chi connectivity index (χ0) is 10.2. The zero-order valence-electron chi connectivity index (χ0n) is 6.88. The second-order valence-electron chi connectivity index (χ2n) is 2.39. The fraction of sp³-hybridized carbons (Fsp3) is 1.00. The van der Waals surface area contributed by atoms with Crippen LogP contribution >= 0.6 is 0 Å². The van der Waals surface area contributed by atoms with Gasteiger partial charge in [-0.3, -0.25) is 0 Å². The Morgan fingerprint density at radius 2 is 1.33 bits per heavy atom. The third-order valence-electron chi connectivity index (χ3n) is 0.721. The molecule has 0 bridgehead atoms. The first-order chi connectivity index (χ1) is 5.37. The molecule has 0 aromatic carbocycles. The van der Waals surface area contributed by atoms with Gasteiger partial charge in [0.1, 0.15) is 6.10 Å². The van der Waals surface area contributed by atoms with Crippen molar-refractivity contribution < 1.29 is 30.6 Å². The van der Waals surface area contributed by atoms with Crippen LogP contribution in [-0.4, -0.2) is 62.4 Å². The van der Waals surface area contributed by atoms with E-state index in [-0.39, 0.29) is 13.2 Å². The highest BCUT2D eigenvalue weighted by Crippen LogP contribution is 1.90. The van der Waals surface area contributed by atoms with E-state index in [2.05, 4.69) is 0 Å². The Morgan fingerprint density at radius 1 is 1.08 bits per heavy atom. The summed E-state index contributed by atoms with van der Waals surface area (Å²) in [7, 11) is 0. The first-order valence-corrected chi connectivity index (χ1v) is 3.32. The van der Waals surface area contributed by atoms with E-state index in [9.17, 15) is 0 Å². The van der Waals surface area contributed by atoms with E-state index in [0.29, 0.717) is 0 Å². The second kappa shape index (κ2) is 7.41. The van der Waals surface area contributed by atoms with Gasteiger partial charge in [0, 0.05) is 0 Å². The second-order valence-corrected chi connectivity index (χ2v) is 2.39. The van der Waals surface area contributed by atoms with E-state index in [1.54, 1.807) is 0 Å². The van der Waals surface area contributed by atoms with Gasteiger partial charge in [-0.1, -0.05) is 0 Å². The molecule has 0 heterocycles. The molecule has 0 rings (SSSR count). The molecule has 0 radical (unpaired) electrons. The maximum Gasteiger partial charge on any atom is 0.183 e. The van der Waals surface area contributed by atoms with Crippen LogP contribution in [0.2, 0.25) is 0 Å². The summed E-state index contributed by atoms with van der Waals surface area (Å²) in [5, 5.41) is 48.2. The summed E-state index contributed by atoms with van der Waals surface area (Å²) in [6, 6.07) is 0. The summed E-state index contributed by atoms with van der Waals surface area (Å²) < 4.78 is 0. The molecule has 0 amide bonds. The monoisotopic (exact) mass is 184 g/mol. The molecule has 6 nitrogen and oxygen atoms in total. The van der Waals surface area contributed by atoms with Crippen LogP contribution < -0.4 is 0 Å².